The van der Waals surface area contributed by atoms with Gasteiger partial charge in [-0.15, -0.1) is 0 Å². The maximum Gasteiger partial charge on any atom is 0.246 e. The summed E-state index contributed by atoms with van der Waals surface area (Å²) in [6, 6.07) is -1.75. The number of carbonyl (C=O) groups excluding carboxylic acids is 7. The lowest BCUT2D eigenvalue weighted by Crippen LogP contribution is -2.56. The van der Waals surface area contributed by atoms with Crippen molar-refractivity contribution in [1.29, 1.82) is 0 Å². The van der Waals surface area contributed by atoms with Crippen molar-refractivity contribution in [1.82, 2.24) is 31.5 Å². The molecule has 14 nitrogen and oxygen atoms in total. The molecule has 1 aliphatic rings. The minimum atomic E-state index is -0.938. The van der Waals surface area contributed by atoms with Gasteiger partial charge in [-0.2, -0.15) is 0 Å². The van der Waals surface area contributed by atoms with Crippen LogP contribution in [0.1, 0.15) is 33.6 Å². The van der Waals surface area contributed by atoms with Gasteiger partial charge in [0.1, 0.15) is 12.1 Å². The van der Waals surface area contributed by atoms with Gasteiger partial charge in [-0.25, -0.2) is 0 Å². The molecule has 1 fully saturated rings. The third-order valence-corrected chi connectivity index (χ3v) is 4.91. The van der Waals surface area contributed by atoms with Crippen molar-refractivity contribution in [2.45, 2.75) is 45.7 Å². The van der Waals surface area contributed by atoms with Gasteiger partial charge < -0.3 is 37.2 Å². The SMILES string of the molecule is CC(=O)NCC(=O)NCC(=O)N[C@H](C(=O)N1CCC[C@H]1C(=O)NCC(=O)NCC(N)=O)C(C)C. The second-order valence-corrected chi connectivity index (χ2v) is 8.13. The van der Waals surface area contributed by atoms with Crippen molar-refractivity contribution >= 4 is 41.4 Å². The fourth-order valence-corrected chi connectivity index (χ4v) is 3.20. The van der Waals surface area contributed by atoms with Crippen molar-refractivity contribution in [3.8, 4) is 0 Å². The first-order valence-corrected chi connectivity index (χ1v) is 10.9. The maximum absolute atomic E-state index is 13.1. The van der Waals surface area contributed by atoms with Crippen molar-refractivity contribution in [2.24, 2.45) is 11.7 Å². The van der Waals surface area contributed by atoms with Crippen LogP contribution in [0.15, 0.2) is 0 Å². The summed E-state index contributed by atoms with van der Waals surface area (Å²) in [5.41, 5.74) is 4.94. The maximum atomic E-state index is 13.1. The zero-order valence-electron chi connectivity index (χ0n) is 19.6. The van der Waals surface area contributed by atoms with Gasteiger partial charge in [-0.3, -0.25) is 33.6 Å². The molecule has 0 radical (unpaired) electrons. The fraction of sp³-hybridized carbons (Fsp3) is 0.650. The number of amides is 7. The lowest BCUT2D eigenvalue weighted by atomic mass is 10.0. The van der Waals surface area contributed by atoms with E-state index in [9.17, 15) is 33.6 Å². The zero-order chi connectivity index (χ0) is 25.8. The molecule has 0 bridgehead atoms. The van der Waals surface area contributed by atoms with Gasteiger partial charge in [0.05, 0.1) is 26.2 Å². The Morgan fingerprint density at radius 3 is 1.97 bits per heavy atom. The lowest BCUT2D eigenvalue weighted by Gasteiger charge is -2.30. The van der Waals surface area contributed by atoms with Crippen LogP contribution in [0.3, 0.4) is 0 Å². The van der Waals surface area contributed by atoms with E-state index >= 15 is 0 Å². The van der Waals surface area contributed by atoms with Gasteiger partial charge in [0.2, 0.25) is 41.4 Å². The van der Waals surface area contributed by atoms with E-state index in [0.29, 0.717) is 19.4 Å². The van der Waals surface area contributed by atoms with Crippen LogP contribution >= 0.6 is 0 Å². The summed E-state index contributed by atoms with van der Waals surface area (Å²) in [6.45, 7) is 3.61. The Kier molecular flexibility index (Phi) is 11.5. The van der Waals surface area contributed by atoms with E-state index in [-0.39, 0.29) is 38.0 Å². The molecule has 1 heterocycles. The van der Waals surface area contributed by atoms with Crippen LogP contribution < -0.4 is 32.3 Å². The average Bonchev–Trinajstić information content (AvgIpc) is 3.26. The molecule has 1 aliphatic heterocycles. The van der Waals surface area contributed by atoms with E-state index in [1.54, 1.807) is 13.8 Å². The molecule has 0 aromatic carbocycles. The van der Waals surface area contributed by atoms with Crippen LogP contribution in [0.4, 0.5) is 0 Å². The molecular weight excluding hydrogens is 450 g/mol. The molecule has 14 heteroatoms. The highest BCUT2D eigenvalue weighted by molar-refractivity contribution is 5.95. The van der Waals surface area contributed by atoms with E-state index in [4.69, 9.17) is 5.73 Å². The third kappa shape index (κ3) is 9.83. The Hall–Kier alpha value is -3.71. The summed E-state index contributed by atoms with van der Waals surface area (Å²) in [5, 5.41) is 11.9. The molecule has 0 aliphatic carbocycles. The first kappa shape index (κ1) is 28.3. The number of nitrogens with two attached hydrogens (primary N) is 1. The number of hydrogen-bond donors (Lipinski definition) is 6. The van der Waals surface area contributed by atoms with Crippen LogP contribution in [-0.2, 0) is 33.6 Å². The van der Waals surface area contributed by atoms with Crippen LogP contribution in [0.2, 0.25) is 0 Å². The number of rotatable bonds is 12. The summed E-state index contributed by atoms with van der Waals surface area (Å²) in [6.07, 6.45) is 0.952. The Morgan fingerprint density at radius 1 is 0.853 bits per heavy atom. The largest absolute Gasteiger partial charge is 0.368 e. The Bertz CT molecular complexity index is 811. The van der Waals surface area contributed by atoms with Gasteiger partial charge in [0, 0.05) is 13.5 Å². The predicted molar refractivity (Wildman–Crippen MR) is 118 cm³/mol. The van der Waals surface area contributed by atoms with Crippen molar-refractivity contribution in [2.75, 3.05) is 32.7 Å². The van der Waals surface area contributed by atoms with Crippen molar-refractivity contribution in [3.63, 3.8) is 0 Å². The zero-order valence-corrected chi connectivity index (χ0v) is 19.6. The smallest absolute Gasteiger partial charge is 0.246 e. The topological polar surface area (TPSA) is 209 Å². The quantitative estimate of drug-likeness (QED) is 0.162. The lowest BCUT2D eigenvalue weighted by molar-refractivity contribution is -0.142. The van der Waals surface area contributed by atoms with E-state index in [1.165, 1.54) is 11.8 Å². The van der Waals surface area contributed by atoms with Gasteiger partial charge in [0.15, 0.2) is 0 Å². The molecule has 0 spiro atoms. The molecular formula is C20H33N7O7. The van der Waals surface area contributed by atoms with Crippen LogP contribution in [0, 0.1) is 5.92 Å². The highest BCUT2D eigenvalue weighted by atomic mass is 16.2. The van der Waals surface area contributed by atoms with E-state index < -0.39 is 47.5 Å². The van der Waals surface area contributed by atoms with Crippen molar-refractivity contribution in [3.05, 3.63) is 0 Å². The minimum absolute atomic E-state index is 0.278. The van der Waals surface area contributed by atoms with Crippen molar-refractivity contribution < 1.29 is 33.6 Å². The van der Waals surface area contributed by atoms with Crippen LogP contribution in [0.25, 0.3) is 0 Å². The number of primary amides is 1. The molecule has 0 saturated carbocycles. The van der Waals surface area contributed by atoms with E-state index in [0.717, 1.165) is 0 Å². The molecule has 0 unspecified atom stereocenters. The number of nitrogens with one attached hydrogen (secondary N) is 5. The minimum Gasteiger partial charge on any atom is -0.368 e. The predicted octanol–water partition coefficient (Wildman–Crippen LogP) is -3.91. The summed E-state index contributed by atoms with van der Waals surface area (Å²) in [7, 11) is 0. The summed E-state index contributed by atoms with van der Waals surface area (Å²) >= 11 is 0. The Balaban J connectivity index is 2.65. The Morgan fingerprint density at radius 2 is 1.41 bits per heavy atom. The van der Waals surface area contributed by atoms with Gasteiger partial charge in [-0.1, -0.05) is 13.8 Å². The van der Waals surface area contributed by atoms with Gasteiger partial charge >= 0.3 is 0 Å². The summed E-state index contributed by atoms with van der Waals surface area (Å²) < 4.78 is 0. The second kappa shape index (κ2) is 13.7. The number of carbonyl (C=O) groups is 7. The molecule has 7 N–H and O–H groups in total. The molecule has 190 valence electrons. The molecule has 34 heavy (non-hydrogen) atoms. The molecule has 0 aromatic rings. The first-order valence-electron chi connectivity index (χ1n) is 10.9. The molecule has 0 aromatic heterocycles. The van der Waals surface area contributed by atoms with Gasteiger partial charge in [-0.05, 0) is 18.8 Å². The molecule has 1 rings (SSSR count). The average molecular weight is 484 g/mol. The van der Waals surface area contributed by atoms with Gasteiger partial charge in [0.25, 0.3) is 0 Å². The van der Waals surface area contributed by atoms with Crippen LogP contribution in [-0.4, -0.2) is 91.1 Å². The number of nitrogens with zero attached hydrogens (tertiary/aromatic N) is 1. The highest BCUT2D eigenvalue weighted by Crippen LogP contribution is 2.20. The summed E-state index contributed by atoms with van der Waals surface area (Å²) in [5.74, 6) is -4.17. The molecule has 7 amide bonds. The van der Waals surface area contributed by atoms with Crippen LogP contribution in [0.5, 0.6) is 0 Å². The van der Waals surface area contributed by atoms with E-state index in [2.05, 4.69) is 26.6 Å². The molecule has 2 atom stereocenters. The number of hydrogen-bond acceptors (Lipinski definition) is 7. The highest BCUT2D eigenvalue weighted by Gasteiger charge is 2.38. The number of likely N-dealkylation sites (tertiary alicyclic amines) is 1. The normalized spacial score (nSPS) is 15.8. The second-order valence-electron chi connectivity index (χ2n) is 8.13. The third-order valence-electron chi connectivity index (χ3n) is 4.91. The standard InChI is InChI=1S/C20H33N7O7/c1-11(2)18(26-17(32)10-24-15(30)8-22-12(3)28)20(34)27-6-4-5-13(27)19(33)25-9-16(31)23-7-14(21)29/h11,13,18H,4-10H2,1-3H3,(H2,21,29)(H,22,28)(H,23,31)(H,24,30)(H,25,33)(H,26,32)/t13-,18-/m0/s1. The Labute approximate surface area is 197 Å². The molecule has 1 saturated heterocycles. The van der Waals surface area contributed by atoms with E-state index in [1.807, 2.05) is 0 Å². The summed E-state index contributed by atoms with van der Waals surface area (Å²) in [4.78, 5) is 84.2. The first-order chi connectivity index (χ1) is 15.9. The monoisotopic (exact) mass is 483 g/mol. The fourth-order valence-electron chi connectivity index (χ4n) is 3.20.